The molecule has 0 aromatic heterocycles. The highest BCUT2D eigenvalue weighted by Crippen LogP contribution is 2.04. The van der Waals surface area contributed by atoms with Gasteiger partial charge in [0.2, 0.25) is 0 Å². The van der Waals surface area contributed by atoms with E-state index in [4.69, 9.17) is 0 Å². The first-order chi connectivity index (χ1) is 8.99. The zero-order valence-electron chi connectivity index (χ0n) is 11.9. The number of hydrogen-bond donors (Lipinski definition) is 1. The van der Waals surface area contributed by atoms with Crippen molar-refractivity contribution in [3.05, 3.63) is 25.1 Å². The van der Waals surface area contributed by atoms with Crippen LogP contribution < -0.4 is 5.48 Å². The van der Waals surface area contributed by atoms with Gasteiger partial charge in [-0.2, -0.15) is 5.48 Å². The van der Waals surface area contributed by atoms with E-state index < -0.39 is 11.9 Å². The Labute approximate surface area is 114 Å². The van der Waals surface area contributed by atoms with Gasteiger partial charge in [0, 0.05) is 32.9 Å². The van der Waals surface area contributed by atoms with Crippen molar-refractivity contribution < 1.29 is 14.4 Å². The summed E-state index contributed by atoms with van der Waals surface area (Å²) < 4.78 is 0. The molecular weight excluding hydrogens is 246 g/mol. The van der Waals surface area contributed by atoms with Crippen molar-refractivity contribution in [1.82, 2.24) is 15.3 Å². The molecule has 6 nitrogen and oxygen atoms in total. The largest absolute Gasteiger partial charge is 0.362 e. The van der Waals surface area contributed by atoms with E-state index in [2.05, 4.69) is 47.6 Å². The molecule has 0 aromatic carbocycles. The average Bonchev–Trinajstić information content (AvgIpc) is 2.80. The van der Waals surface area contributed by atoms with Crippen LogP contribution in [0.3, 0.4) is 0 Å². The Bertz CT molecular complexity index is 329. The summed E-state index contributed by atoms with van der Waals surface area (Å²) in [5.74, 6) is -1.10. The lowest BCUT2D eigenvalue weighted by molar-refractivity contribution is -0.154. The zero-order chi connectivity index (χ0) is 14.7. The van der Waals surface area contributed by atoms with E-state index in [9.17, 15) is 9.59 Å². The van der Waals surface area contributed by atoms with E-state index in [1.807, 2.05) is 5.48 Å². The number of carbonyl (C=O) groups is 2. The Morgan fingerprint density at radius 3 is 2.58 bits per heavy atom. The van der Waals surface area contributed by atoms with Crippen LogP contribution in [0, 0.1) is 0 Å². The summed E-state index contributed by atoms with van der Waals surface area (Å²) in [5, 5.41) is 0. The second-order valence-electron chi connectivity index (χ2n) is 4.13. The van der Waals surface area contributed by atoms with Gasteiger partial charge in [0.05, 0.1) is 6.67 Å². The minimum Gasteiger partial charge on any atom is -0.362 e. The maximum Gasteiger partial charge on any atom is 0.329 e. The number of hydroxylamine groups is 1. The van der Waals surface area contributed by atoms with Crippen molar-refractivity contribution in [2.75, 3.05) is 20.3 Å². The molecule has 0 spiro atoms. The molecular formula is C13H23N3O3. The first-order valence-corrected chi connectivity index (χ1v) is 6.22. The summed E-state index contributed by atoms with van der Waals surface area (Å²) >= 11 is 0. The standard InChI is InChI=1S/C8H16N2.C5H7NO3/c1-3-4-5-10-7-6-9(2)8-10;1-3-5(8)6-9-4(2)7/h6-7H,3-5,8H2,1-2H3;3H,1H2,2H3,(H,6,8). The molecule has 0 bridgehead atoms. The molecule has 1 aliphatic heterocycles. The Hall–Kier alpha value is -1.98. The van der Waals surface area contributed by atoms with Gasteiger partial charge >= 0.3 is 5.97 Å². The zero-order valence-corrected chi connectivity index (χ0v) is 11.9. The SMILES string of the molecule is C=CC(=O)NOC(C)=O.CCCCN1C=CN(C)C1. The fourth-order valence-electron chi connectivity index (χ4n) is 1.26. The third-order valence-electron chi connectivity index (χ3n) is 2.22. The molecule has 1 N–H and O–H groups in total. The molecule has 6 heteroatoms. The second-order valence-corrected chi connectivity index (χ2v) is 4.13. The van der Waals surface area contributed by atoms with Crippen LogP contribution in [-0.2, 0) is 14.4 Å². The lowest BCUT2D eigenvalue weighted by atomic mass is 10.3. The summed E-state index contributed by atoms with van der Waals surface area (Å²) in [4.78, 5) is 28.8. The maximum atomic E-state index is 10.2. The Balaban J connectivity index is 0.000000344. The lowest BCUT2D eigenvalue weighted by Gasteiger charge is -2.17. The van der Waals surface area contributed by atoms with Crippen LogP contribution in [0.25, 0.3) is 0 Å². The second kappa shape index (κ2) is 9.99. The number of rotatable bonds is 4. The minimum absolute atomic E-state index is 0.537. The van der Waals surface area contributed by atoms with E-state index in [0.29, 0.717) is 0 Å². The summed E-state index contributed by atoms with van der Waals surface area (Å²) in [6.07, 6.45) is 7.88. The molecule has 1 amide bonds. The van der Waals surface area contributed by atoms with E-state index in [1.165, 1.54) is 26.3 Å². The van der Waals surface area contributed by atoms with Crippen molar-refractivity contribution in [2.24, 2.45) is 0 Å². The average molecular weight is 269 g/mol. The van der Waals surface area contributed by atoms with Crippen molar-refractivity contribution in [1.29, 1.82) is 0 Å². The van der Waals surface area contributed by atoms with Crippen LogP contribution in [0.15, 0.2) is 25.1 Å². The highest BCUT2D eigenvalue weighted by Gasteiger charge is 2.05. The fourth-order valence-corrected chi connectivity index (χ4v) is 1.26. The van der Waals surface area contributed by atoms with Gasteiger partial charge in [-0.05, 0) is 12.5 Å². The van der Waals surface area contributed by atoms with Gasteiger partial charge < -0.3 is 14.6 Å². The van der Waals surface area contributed by atoms with Crippen LogP contribution in [0.5, 0.6) is 0 Å². The van der Waals surface area contributed by atoms with E-state index in [-0.39, 0.29) is 0 Å². The molecule has 0 atom stereocenters. The topological polar surface area (TPSA) is 61.9 Å². The molecule has 0 aromatic rings. The smallest absolute Gasteiger partial charge is 0.329 e. The van der Waals surface area contributed by atoms with Gasteiger partial charge in [-0.1, -0.05) is 19.9 Å². The van der Waals surface area contributed by atoms with Gasteiger partial charge in [-0.25, -0.2) is 0 Å². The van der Waals surface area contributed by atoms with Crippen LogP contribution >= 0.6 is 0 Å². The van der Waals surface area contributed by atoms with Gasteiger partial charge in [0.15, 0.2) is 0 Å². The van der Waals surface area contributed by atoms with Crippen LogP contribution in [0.4, 0.5) is 0 Å². The predicted octanol–water partition coefficient (Wildman–Crippen LogP) is 1.23. The van der Waals surface area contributed by atoms with Gasteiger partial charge in [-0.3, -0.25) is 9.59 Å². The number of amides is 1. The molecule has 0 fully saturated rings. The molecule has 1 aliphatic rings. The molecule has 1 rings (SSSR count). The van der Waals surface area contributed by atoms with E-state index >= 15 is 0 Å². The van der Waals surface area contributed by atoms with Gasteiger partial charge in [-0.15, -0.1) is 0 Å². The molecule has 19 heavy (non-hydrogen) atoms. The fraction of sp³-hybridized carbons (Fsp3) is 0.538. The molecule has 0 aliphatic carbocycles. The lowest BCUT2D eigenvalue weighted by Crippen LogP contribution is -2.23. The predicted molar refractivity (Wildman–Crippen MR) is 73.5 cm³/mol. The van der Waals surface area contributed by atoms with E-state index in [0.717, 1.165) is 12.7 Å². The van der Waals surface area contributed by atoms with Crippen LogP contribution in [0.1, 0.15) is 26.7 Å². The third kappa shape index (κ3) is 9.70. The Kier molecular flexibility index (Phi) is 8.95. The summed E-state index contributed by atoms with van der Waals surface area (Å²) in [6.45, 7) is 8.82. The number of nitrogens with zero attached hydrogens (tertiary/aromatic N) is 2. The highest BCUT2D eigenvalue weighted by molar-refractivity contribution is 5.86. The Morgan fingerprint density at radius 2 is 2.16 bits per heavy atom. The first-order valence-electron chi connectivity index (χ1n) is 6.22. The van der Waals surface area contributed by atoms with Crippen LogP contribution in [-0.4, -0.2) is 41.9 Å². The van der Waals surface area contributed by atoms with Gasteiger partial charge in [0.25, 0.3) is 5.91 Å². The Morgan fingerprint density at radius 1 is 1.47 bits per heavy atom. The molecule has 0 radical (unpaired) electrons. The number of carbonyl (C=O) groups excluding carboxylic acids is 2. The van der Waals surface area contributed by atoms with Crippen LogP contribution in [0.2, 0.25) is 0 Å². The van der Waals surface area contributed by atoms with E-state index in [1.54, 1.807) is 0 Å². The highest BCUT2D eigenvalue weighted by atomic mass is 16.7. The summed E-state index contributed by atoms with van der Waals surface area (Å²) in [6, 6.07) is 0. The number of unbranched alkanes of at least 4 members (excludes halogenated alkanes) is 1. The third-order valence-corrected chi connectivity index (χ3v) is 2.22. The van der Waals surface area contributed by atoms with Gasteiger partial charge in [0.1, 0.15) is 0 Å². The number of nitrogens with one attached hydrogen (secondary N) is 1. The first kappa shape index (κ1) is 17.0. The van der Waals surface area contributed by atoms with Crippen molar-refractivity contribution in [2.45, 2.75) is 26.7 Å². The van der Waals surface area contributed by atoms with Crippen molar-refractivity contribution >= 4 is 11.9 Å². The van der Waals surface area contributed by atoms with Crippen molar-refractivity contribution in [3.8, 4) is 0 Å². The number of hydrogen-bond acceptors (Lipinski definition) is 5. The molecule has 0 saturated carbocycles. The minimum atomic E-state index is -0.565. The molecule has 108 valence electrons. The monoisotopic (exact) mass is 269 g/mol. The molecule has 0 unspecified atom stereocenters. The summed E-state index contributed by atoms with van der Waals surface area (Å²) in [5.41, 5.74) is 1.83. The van der Waals surface area contributed by atoms with Crippen molar-refractivity contribution in [3.63, 3.8) is 0 Å². The normalized spacial score (nSPS) is 12.6. The quantitative estimate of drug-likeness (QED) is 0.614. The summed E-state index contributed by atoms with van der Waals surface area (Å²) in [7, 11) is 2.10. The molecule has 0 saturated heterocycles. The molecule has 1 heterocycles. The maximum absolute atomic E-state index is 10.2.